The molecule has 0 bridgehead atoms. The van der Waals surface area contributed by atoms with Crippen LogP contribution in [0.3, 0.4) is 0 Å². The summed E-state index contributed by atoms with van der Waals surface area (Å²) in [5, 5.41) is 1.39. The van der Waals surface area contributed by atoms with Crippen LogP contribution < -0.4 is 10.4 Å². The molecule has 1 aromatic heterocycles. The van der Waals surface area contributed by atoms with Crippen molar-refractivity contribution in [1.29, 1.82) is 0 Å². The van der Waals surface area contributed by atoms with E-state index in [0.29, 0.717) is 29.4 Å². The third kappa shape index (κ3) is 5.62. The van der Waals surface area contributed by atoms with Gasteiger partial charge in [0.05, 0.1) is 6.61 Å². The van der Waals surface area contributed by atoms with E-state index in [1.54, 1.807) is 19.2 Å². The Morgan fingerprint density at radius 3 is 2.67 bits per heavy atom. The summed E-state index contributed by atoms with van der Waals surface area (Å²) in [7, 11) is 1.55. The average Bonchev–Trinajstić information content (AvgIpc) is 2.71. The quantitative estimate of drug-likeness (QED) is 0.283. The Bertz CT molecular complexity index is 1090. The van der Waals surface area contributed by atoms with Gasteiger partial charge in [0.25, 0.3) is 0 Å². The molecule has 7 heteroatoms. The highest BCUT2D eigenvalue weighted by atomic mass is 35.5. The molecule has 6 nitrogen and oxygen atoms in total. The van der Waals surface area contributed by atoms with Crippen molar-refractivity contribution < 1.29 is 23.4 Å². The lowest BCUT2D eigenvalue weighted by molar-refractivity contribution is -0.144. The number of hydrogen-bond acceptors (Lipinski definition) is 6. The lowest BCUT2D eigenvalue weighted by Crippen LogP contribution is -2.11. The molecule has 3 rings (SSSR count). The number of benzene rings is 2. The third-order valence-electron chi connectivity index (χ3n) is 4.62. The first kappa shape index (κ1) is 21.9. The first-order chi connectivity index (χ1) is 14.5. The first-order valence-corrected chi connectivity index (χ1v) is 9.94. The smallest absolute Gasteiger partial charge is 0.336 e. The SMILES string of the molecule is COCCOC(=O)CCc1cc2c(C)cc(=O)oc2cc1OCc1ccccc1Cl. The summed E-state index contributed by atoms with van der Waals surface area (Å²) in [5.74, 6) is 0.210. The van der Waals surface area contributed by atoms with Gasteiger partial charge in [0, 0.05) is 41.6 Å². The molecule has 0 N–H and O–H groups in total. The normalized spacial score (nSPS) is 10.9. The van der Waals surface area contributed by atoms with E-state index < -0.39 is 5.63 Å². The van der Waals surface area contributed by atoms with E-state index >= 15 is 0 Å². The fourth-order valence-corrected chi connectivity index (χ4v) is 3.23. The topological polar surface area (TPSA) is 75.0 Å². The zero-order valence-electron chi connectivity index (χ0n) is 16.9. The summed E-state index contributed by atoms with van der Waals surface area (Å²) < 4.78 is 21.4. The molecule has 0 saturated carbocycles. The Balaban J connectivity index is 1.86. The minimum Gasteiger partial charge on any atom is -0.488 e. The van der Waals surface area contributed by atoms with Gasteiger partial charge in [0.1, 0.15) is 24.5 Å². The van der Waals surface area contributed by atoms with E-state index in [2.05, 4.69) is 0 Å². The molecule has 0 radical (unpaired) electrons. The van der Waals surface area contributed by atoms with Crippen LogP contribution in [0.15, 0.2) is 51.7 Å². The van der Waals surface area contributed by atoms with Crippen LogP contribution in [0.1, 0.15) is 23.1 Å². The van der Waals surface area contributed by atoms with Crippen LogP contribution in [-0.4, -0.2) is 26.3 Å². The van der Waals surface area contributed by atoms with Crippen LogP contribution in [0.4, 0.5) is 0 Å². The highest BCUT2D eigenvalue weighted by Gasteiger charge is 2.14. The van der Waals surface area contributed by atoms with Crippen molar-refractivity contribution in [3.8, 4) is 5.75 Å². The second kappa shape index (κ2) is 10.3. The summed E-state index contributed by atoms with van der Waals surface area (Å²) in [6.07, 6.45) is 0.603. The molecule has 158 valence electrons. The number of methoxy groups -OCH3 is 1. The van der Waals surface area contributed by atoms with Gasteiger partial charge in [-0.15, -0.1) is 0 Å². The van der Waals surface area contributed by atoms with E-state index in [9.17, 15) is 9.59 Å². The predicted octanol–water partition coefficient (Wildman–Crippen LogP) is 4.46. The van der Waals surface area contributed by atoms with Gasteiger partial charge in [-0.3, -0.25) is 4.79 Å². The number of rotatable bonds is 9. The lowest BCUT2D eigenvalue weighted by atomic mass is 10.0. The van der Waals surface area contributed by atoms with Gasteiger partial charge < -0.3 is 18.6 Å². The first-order valence-electron chi connectivity index (χ1n) is 9.56. The highest BCUT2D eigenvalue weighted by Crippen LogP contribution is 2.29. The zero-order chi connectivity index (χ0) is 21.5. The monoisotopic (exact) mass is 430 g/mol. The molecule has 1 heterocycles. The molecule has 30 heavy (non-hydrogen) atoms. The van der Waals surface area contributed by atoms with Crippen LogP contribution in [0.2, 0.25) is 5.02 Å². The molecule has 0 aliphatic rings. The fourth-order valence-electron chi connectivity index (χ4n) is 3.04. The Morgan fingerprint density at radius 1 is 1.10 bits per heavy atom. The van der Waals surface area contributed by atoms with Gasteiger partial charge in [-0.2, -0.15) is 0 Å². The molecule has 0 spiro atoms. The summed E-state index contributed by atoms with van der Waals surface area (Å²) in [5.41, 5.74) is 2.44. The number of fused-ring (bicyclic) bond motifs is 1. The molecule has 3 aromatic rings. The number of ether oxygens (including phenoxy) is 3. The Hall–Kier alpha value is -2.83. The Morgan fingerprint density at radius 2 is 1.90 bits per heavy atom. The molecule has 0 aliphatic heterocycles. The Labute approximate surface area is 179 Å². The van der Waals surface area contributed by atoms with Crippen LogP contribution in [-0.2, 0) is 27.3 Å². The van der Waals surface area contributed by atoms with Crippen molar-refractivity contribution in [3.05, 3.63) is 74.6 Å². The van der Waals surface area contributed by atoms with Gasteiger partial charge >= 0.3 is 11.6 Å². The molecule has 0 atom stereocenters. The standard InChI is InChI=1S/C23H23ClO6/c1-15-11-23(26)30-21-13-20(29-14-17-5-3-4-6-19(17)24)16(12-18(15)21)7-8-22(25)28-10-9-27-2/h3-6,11-13H,7-10,14H2,1-2H3. The predicted molar refractivity (Wildman–Crippen MR) is 114 cm³/mol. The number of halogens is 1. The molecule has 0 saturated heterocycles. The molecule has 2 aromatic carbocycles. The van der Waals surface area contributed by atoms with Crippen molar-refractivity contribution in [2.24, 2.45) is 0 Å². The second-order valence-electron chi connectivity index (χ2n) is 6.80. The minimum absolute atomic E-state index is 0.188. The van der Waals surface area contributed by atoms with Crippen molar-refractivity contribution in [2.75, 3.05) is 20.3 Å². The van der Waals surface area contributed by atoms with E-state index in [0.717, 1.165) is 22.1 Å². The summed E-state index contributed by atoms with van der Waals surface area (Å²) in [6.45, 7) is 2.65. The van der Waals surface area contributed by atoms with Gasteiger partial charge in [-0.1, -0.05) is 29.8 Å². The van der Waals surface area contributed by atoms with Gasteiger partial charge in [-0.05, 0) is 36.6 Å². The molecule has 0 aliphatic carbocycles. The molecule has 0 fully saturated rings. The number of aryl methyl sites for hydroxylation is 2. The number of carbonyl (C=O) groups excluding carboxylic acids is 1. The zero-order valence-corrected chi connectivity index (χ0v) is 17.7. The summed E-state index contributed by atoms with van der Waals surface area (Å²) >= 11 is 6.22. The van der Waals surface area contributed by atoms with E-state index in [4.69, 9.17) is 30.2 Å². The molecular weight excluding hydrogens is 408 g/mol. The maximum Gasteiger partial charge on any atom is 0.336 e. The minimum atomic E-state index is -0.425. The van der Waals surface area contributed by atoms with Crippen LogP contribution in [0, 0.1) is 6.92 Å². The average molecular weight is 431 g/mol. The van der Waals surface area contributed by atoms with E-state index in [-0.39, 0.29) is 25.6 Å². The maximum absolute atomic E-state index is 12.0. The third-order valence-corrected chi connectivity index (χ3v) is 4.99. The fraction of sp³-hybridized carbons (Fsp3) is 0.304. The van der Waals surface area contributed by atoms with Crippen molar-refractivity contribution in [2.45, 2.75) is 26.4 Å². The van der Waals surface area contributed by atoms with Crippen molar-refractivity contribution in [3.63, 3.8) is 0 Å². The summed E-state index contributed by atoms with van der Waals surface area (Å²) in [6, 6.07) is 12.4. The Kier molecular flexibility index (Phi) is 7.49. The second-order valence-corrected chi connectivity index (χ2v) is 7.21. The molecule has 0 amide bonds. The number of carbonyl (C=O) groups is 1. The van der Waals surface area contributed by atoms with E-state index in [1.807, 2.05) is 31.2 Å². The molecular formula is C23H23ClO6. The maximum atomic E-state index is 12.0. The van der Waals surface area contributed by atoms with Gasteiger partial charge in [0.2, 0.25) is 0 Å². The molecule has 0 unspecified atom stereocenters. The lowest BCUT2D eigenvalue weighted by Gasteiger charge is -2.14. The van der Waals surface area contributed by atoms with Crippen LogP contribution >= 0.6 is 11.6 Å². The summed E-state index contributed by atoms with van der Waals surface area (Å²) in [4.78, 5) is 23.8. The number of hydrogen-bond donors (Lipinski definition) is 0. The van der Waals surface area contributed by atoms with Gasteiger partial charge in [0.15, 0.2) is 0 Å². The van der Waals surface area contributed by atoms with Gasteiger partial charge in [-0.25, -0.2) is 4.79 Å². The van der Waals surface area contributed by atoms with Crippen molar-refractivity contribution >= 4 is 28.5 Å². The van der Waals surface area contributed by atoms with E-state index in [1.165, 1.54) is 6.07 Å². The number of esters is 1. The van der Waals surface area contributed by atoms with Crippen LogP contribution in [0.5, 0.6) is 5.75 Å². The van der Waals surface area contributed by atoms with Crippen molar-refractivity contribution in [1.82, 2.24) is 0 Å². The van der Waals surface area contributed by atoms with Crippen LogP contribution in [0.25, 0.3) is 11.0 Å². The highest BCUT2D eigenvalue weighted by molar-refractivity contribution is 6.31. The largest absolute Gasteiger partial charge is 0.488 e.